The molecule has 0 bridgehead atoms. The highest BCUT2D eigenvalue weighted by molar-refractivity contribution is 7.92. The van der Waals surface area contributed by atoms with Crippen molar-refractivity contribution in [3.05, 3.63) is 90.0 Å². The molecule has 0 saturated heterocycles. The summed E-state index contributed by atoms with van der Waals surface area (Å²) in [6.45, 7) is 4.06. The monoisotopic (exact) mass is 452 g/mol. The Morgan fingerprint density at radius 1 is 0.906 bits per heavy atom. The molecule has 1 N–H and O–H groups in total. The van der Waals surface area contributed by atoms with Crippen molar-refractivity contribution in [2.24, 2.45) is 5.92 Å². The molecule has 0 heterocycles. The first-order valence-electron chi connectivity index (χ1n) is 10.3. The molecule has 168 valence electrons. The van der Waals surface area contributed by atoms with Crippen LogP contribution in [0.1, 0.15) is 35.8 Å². The lowest BCUT2D eigenvalue weighted by Gasteiger charge is -2.23. The smallest absolute Gasteiger partial charge is 0.264 e. The van der Waals surface area contributed by atoms with Gasteiger partial charge in [0.15, 0.2) is 0 Å². The van der Waals surface area contributed by atoms with Crippen molar-refractivity contribution in [3.63, 3.8) is 0 Å². The first-order valence-corrected chi connectivity index (χ1v) is 11.8. The number of anilines is 1. The highest BCUT2D eigenvalue weighted by Gasteiger charge is 2.23. The Balaban J connectivity index is 1.77. The van der Waals surface area contributed by atoms with Crippen LogP contribution in [0.25, 0.3) is 0 Å². The molecule has 0 aliphatic rings. The number of hydrogen-bond donors (Lipinski definition) is 1. The Labute approximate surface area is 189 Å². The largest absolute Gasteiger partial charge is 0.497 e. The molecule has 32 heavy (non-hydrogen) atoms. The van der Waals surface area contributed by atoms with E-state index in [1.807, 2.05) is 44.2 Å². The number of nitrogens with zero attached hydrogens (tertiary/aromatic N) is 1. The number of hydrogen-bond acceptors (Lipinski definition) is 4. The van der Waals surface area contributed by atoms with Crippen LogP contribution in [0, 0.1) is 5.92 Å². The van der Waals surface area contributed by atoms with Crippen LogP contribution in [0.15, 0.2) is 83.8 Å². The number of carbonyl (C=O) groups excluding carboxylic acids is 1. The second-order valence-electron chi connectivity index (χ2n) is 7.80. The fourth-order valence-electron chi connectivity index (χ4n) is 3.38. The number of benzene rings is 3. The molecule has 0 aliphatic heterocycles. The van der Waals surface area contributed by atoms with Crippen LogP contribution in [-0.2, 0) is 10.0 Å². The minimum absolute atomic E-state index is 0.121. The number of carbonyl (C=O) groups is 1. The number of ether oxygens (including phenoxy) is 1. The minimum Gasteiger partial charge on any atom is -0.497 e. The fraction of sp³-hybridized carbons (Fsp3) is 0.240. The molecule has 1 amide bonds. The van der Waals surface area contributed by atoms with Gasteiger partial charge in [-0.1, -0.05) is 44.2 Å². The zero-order valence-corrected chi connectivity index (χ0v) is 19.5. The molecule has 1 unspecified atom stereocenters. The number of sulfonamides is 1. The van der Waals surface area contributed by atoms with E-state index in [1.165, 1.54) is 35.6 Å². The van der Waals surface area contributed by atoms with Crippen molar-refractivity contribution in [2.75, 3.05) is 18.5 Å². The highest BCUT2D eigenvalue weighted by atomic mass is 32.2. The van der Waals surface area contributed by atoms with Gasteiger partial charge in [-0.05, 0) is 60.0 Å². The summed E-state index contributed by atoms with van der Waals surface area (Å²) in [6.07, 6.45) is 0. The minimum atomic E-state index is -3.73. The third-order valence-electron chi connectivity index (χ3n) is 5.32. The van der Waals surface area contributed by atoms with Crippen molar-refractivity contribution in [3.8, 4) is 5.75 Å². The SMILES string of the molecule is COc1ccc(C(NC(=O)c2ccc(S(=O)(=O)N(C)c3ccccc3)cc2)C(C)C)cc1. The molecule has 0 radical (unpaired) electrons. The summed E-state index contributed by atoms with van der Waals surface area (Å²) in [4.78, 5) is 13.0. The van der Waals surface area contributed by atoms with Crippen LogP contribution in [0.3, 0.4) is 0 Å². The first kappa shape index (κ1) is 23.3. The zero-order valence-electron chi connectivity index (χ0n) is 18.6. The van der Waals surface area contributed by atoms with E-state index >= 15 is 0 Å². The van der Waals surface area contributed by atoms with E-state index in [1.54, 1.807) is 31.4 Å². The number of methoxy groups -OCH3 is 1. The summed E-state index contributed by atoms with van der Waals surface area (Å²) in [7, 11) is -0.614. The molecule has 7 heteroatoms. The van der Waals surface area contributed by atoms with Gasteiger partial charge in [-0.3, -0.25) is 9.10 Å². The first-order chi connectivity index (χ1) is 15.2. The molecular weight excluding hydrogens is 424 g/mol. The Morgan fingerprint density at radius 2 is 1.50 bits per heavy atom. The quantitative estimate of drug-likeness (QED) is 0.540. The van der Waals surface area contributed by atoms with Gasteiger partial charge >= 0.3 is 0 Å². The van der Waals surface area contributed by atoms with E-state index < -0.39 is 10.0 Å². The van der Waals surface area contributed by atoms with E-state index in [-0.39, 0.29) is 22.8 Å². The Morgan fingerprint density at radius 3 is 2.03 bits per heavy atom. The predicted octanol–water partition coefficient (Wildman–Crippen LogP) is 4.65. The Hall–Kier alpha value is -3.32. The van der Waals surface area contributed by atoms with E-state index in [2.05, 4.69) is 5.32 Å². The molecule has 6 nitrogen and oxygen atoms in total. The third-order valence-corrected chi connectivity index (χ3v) is 7.12. The molecular formula is C25H28N2O4S. The second-order valence-corrected chi connectivity index (χ2v) is 9.77. The molecule has 3 aromatic rings. The average molecular weight is 453 g/mol. The molecule has 0 fully saturated rings. The van der Waals surface area contributed by atoms with Gasteiger partial charge in [0.1, 0.15) is 5.75 Å². The predicted molar refractivity (Wildman–Crippen MR) is 127 cm³/mol. The Kier molecular flexibility index (Phi) is 7.20. The molecule has 0 aliphatic carbocycles. The maximum absolute atomic E-state index is 12.9. The van der Waals surface area contributed by atoms with Crippen molar-refractivity contribution in [1.82, 2.24) is 5.32 Å². The molecule has 3 rings (SSSR count). The van der Waals surface area contributed by atoms with Gasteiger partial charge in [-0.15, -0.1) is 0 Å². The normalized spacial score (nSPS) is 12.3. The van der Waals surface area contributed by atoms with E-state index in [4.69, 9.17) is 4.74 Å². The van der Waals surface area contributed by atoms with E-state index in [9.17, 15) is 13.2 Å². The van der Waals surface area contributed by atoms with Gasteiger partial charge in [0, 0.05) is 12.6 Å². The average Bonchev–Trinajstić information content (AvgIpc) is 2.82. The van der Waals surface area contributed by atoms with Crippen LogP contribution in [-0.4, -0.2) is 28.5 Å². The summed E-state index contributed by atoms with van der Waals surface area (Å²) >= 11 is 0. The van der Waals surface area contributed by atoms with E-state index in [0.717, 1.165) is 11.3 Å². The molecule has 3 aromatic carbocycles. The van der Waals surface area contributed by atoms with Crippen LogP contribution < -0.4 is 14.4 Å². The van der Waals surface area contributed by atoms with Crippen molar-refractivity contribution in [2.45, 2.75) is 24.8 Å². The molecule has 0 spiro atoms. The lowest BCUT2D eigenvalue weighted by Crippen LogP contribution is -2.32. The topological polar surface area (TPSA) is 75.7 Å². The van der Waals surface area contributed by atoms with Gasteiger partial charge < -0.3 is 10.1 Å². The molecule has 0 aromatic heterocycles. The molecule has 0 saturated carbocycles. The van der Waals surface area contributed by atoms with Gasteiger partial charge in [0.2, 0.25) is 0 Å². The number of para-hydroxylation sites is 1. The summed E-state index contributed by atoms with van der Waals surface area (Å²) in [5, 5.41) is 3.05. The van der Waals surface area contributed by atoms with Crippen molar-refractivity contribution < 1.29 is 17.9 Å². The van der Waals surface area contributed by atoms with Gasteiger partial charge in [0.25, 0.3) is 15.9 Å². The second kappa shape index (κ2) is 9.87. The number of rotatable bonds is 8. The lowest BCUT2D eigenvalue weighted by molar-refractivity contribution is 0.0925. The number of amides is 1. The molecule has 1 atom stereocenters. The Bertz CT molecular complexity index is 1140. The van der Waals surface area contributed by atoms with E-state index in [0.29, 0.717) is 11.3 Å². The van der Waals surface area contributed by atoms with Crippen LogP contribution in [0.2, 0.25) is 0 Å². The standard InChI is InChI=1S/C25H28N2O4S/c1-18(2)24(19-10-14-22(31-4)15-11-19)26-25(28)20-12-16-23(17-13-20)32(29,30)27(3)21-8-6-5-7-9-21/h5-18,24H,1-4H3,(H,26,28). The van der Waals surface area contributed by atoms with Crippen LogP contribution in [0.5, 0.6) is 5.75 Å². The summed E-state index contributed by atoms with van der Waals surface area (Å²) in [6, 6.07) is 22.2. The van der Waals surface area contributed by atoms with Crippen molar-refractivity contribution >= 4 is 21.6 Å². The summed E-state index contributed by atoms with van der Waals surface area (Å²) < 4.78 is 32.3. The van der Waals surface area contributed by atoms with Gasteiger partial charge in [0.05, 0.1) is 23.7 Å². The van der Waals surface area contributed by atoms with Crippen molar-refractivity contribution in [1.29, 1.82) is 0 Å². The maximum atomic E-state index is 12.9. The van der Waals surface area contributed by atoms with Crippen LogP contribution >= 0.6 is 0 Å². The van der Waals surface area contributed by atoms with Crippen LogP contribution in [0.4, 0.5) is 5.69 Å². The third kappa shape index (κ3) is 5.11. The maximum Gasteiger partial charge on any atom is 0.264 e. The van der Waals surface area contributed by atoms with Gasteiger partial charge in [-0.25, -0.2) is 8.42 Å². The van der Waals surface area contributed by atoms with Gasteiger partial charge in [-0.2, -0.15) is 0 Å². The fourth-order valence-corrected chi connectivity index (χ4v) is 4.58. The summed E-state index contributed by atoms with van der Waals surface area (Å²) in [5.41, 5.74) is 1.93. The zero-order chi connectivity index (χ0) is 23.3. The highest BCUT2D eigenvalue weighted by Crippen LogP contribution is 2.25. The summed E-state index contributed by atoms with van der Waals surface area (Å²) in [5.74, 6) is 0.645. The lowest BCUT2D eigenvalue weighted by atomic mass is 9.95. The number of nitrogens with one attached hydrogen (secondary N) is 1.